The topological polar surface area (TPSA) is 25.2 Å². The zero-order valence-corrected chi connectivity index (χ0v) is 12.8. The number of hydrogen-bond acceptors (Lipinski definition) is 2. The maximum atomic E-state index is 14.2. The highest BCUT2D eigenvalue weighted by atomic mass is 19.1. The normalized spacial score (nSPS) is 12.7. The summed E-state index contributed by atoms with van der Waals surface area (Å²) < 4.78 is 19.9. The molecule has 0 saturated heterocycles. The van der Waals surface area contributed by atoms with Gasteiger partial charge in [-0.3, -0.25) is 0 Å². The van der Waals surface area contributed by atoms with Crippen LogP contribution in [0.4, 0.5) is 4.39 Å². The minimum absolute atomic E-state index is 0.169. The first-order chi connectivity index (χ1) is 9.45. The van der Waals surface area contributed by atoms with Crippen LogP contribution in [0, 0.1) is 33.5 Å². The van der Waals surface area contributed by atoms with Gasteiger partial charge in [-0.25, -0.2) is 4.39 Å². The third-order valence-corrected chi connectivity index (χ3v) is 3.78. The zero-order valence-electron chi connectivity index (χ0n) is 12.8. The van der Waals surface area contributed by atoms with Crippen LogP contribution in [0.1, 0.15) is 46.7 Å². The van der Waals surface area contributed by atoms with Crippen molar-refractivity contribution in [2.45, 2.75) is 40.7 Å². The smallest absolute Gasteiger partial charge is 0.128 e. The van der Waals surface area contributed by atoms with Crippen LogP contribution in [0.15, 0.2) is 22.6 Å². The molecule has 2 aromatic rings. The number of aryl methyl sites for hydroxylation is 3. The molecule has 1 heterocycles. The summed E-state index contributed by atoms with van der Waals surface area (Å²) in [5.74, 6) is 1.57. The highest BCUT2D eigenvalue weighted by Crippen LogP contribution is 2.33. The third-order valence-electron chi connectivity index (χ3n) is 3.78. The number of halogens is 1. The Morgan fingerprint density at radius 3 is 2.40 bits per heavy atom. The SMILES string of the molecule is CCNC(c1cc(C)ccc1F)c1c(C)oc(C)c1C. The average molecular weight is 275 g/mol. The predicted octanol–water partition coefficient (Wildman–Crippen LogP) is 4.35. The molecule has 0 aliphatic rings. The van der Waals surface area contributed by atoms with Gasteiger partial charge in [-0.2, -0.15) is 0 Å². The third kappa shape index (κ3) is 2.63. The van der Waals surface area contributed by atoms with E-state index in [0.29, 0.717) is 5.56 Å². The Labute approximate surface area is 120 Å². The highest BCUT2D eigenvalue weighted by Gasteiger charge is 2.24. The van der Waals surface area contributed by atoms with Gasteiger partial charge in [-0.1, -0.05) is 24.6 Å². The van der Waals surface area contributed by atoms with Gasteiger partial charge >= 0.3 is 0 Å². The van der Waals surface area contributed by atoms with Crippen LogP contribution in [-0.4, -0.2) is 6.54 Å². The van der Waals surface area contributed by atoms with Gasteiger partial charge in [0.05, 0.1) is 6.04 Å². The molecule has 2 nitrogen and oxygen atoms in total. The van der Waals surface area contributed by atoms with E-state index in [0.717, 1.165) is 34.8 Å². The first kappa shape index (κ1) is 14.8. The summed E-state index contributed by atoms with van der Waals surface area (Å²) in [6.07, 6.45) is 0. The van der Waals surface area contributed by atoms with Gasteiger partial charge in [-0.05, 0) is 45.9 Å². The molecule has 0 saturated carbocycles. The largest absolute Gasteiger partial charge is 0.466 e. The summed E-state index contributed by atoms with van der Waals surface area (Å²) in [5.41, 5.74) is 3.88. The summed E-state index contributed by atoms with van der Waals surface area (Å²) >= 11 is 0. The number of benzene rings is 1. The molecule has 0 amide bonds. The van der Waals surface area contributed by atoms with Gasteiger partial charge in [0.2, 0.25) is 0 Å². The van der Waals surface area contributed by atoms with E-state index in [9.17, 15) is 4.39 Å². The predicted molar refractivity (Wildman–Crippen MR) is 79.6 cm³/mol. The van der Waals surface area contributed by atoms with Gasteiger partial charge in [0.25, 0.3) is 0 Å². The van der Waals surface area contributed by atoms with Crippen molar-refractivity contribution in [1.82, 2.24) is 5.32 Å². The van der Waals surface area contributed by atoms with Crippen molar-refractivity contribution in [2.75, 3.05) is 6.54 Å². The van der Waals surface area contributed by atoms with E-state index >= 15 is 0 Å². The second-order valence-electron chi connectivity index (χ2n) is 5.27. The molecule has 108 valence electrons. The summed E-state index contributed by atoms with van der Waals surface area (Å²) in [5, 5.41) is 3.38. The molecule has 1 unspecified atom stereocenters. The molecule has 0 spiro atoms. The molecule has 3 heteroatoms. The van der Waals surface area contributed by atoms with Crippen molar-refractivity contribution in [3.8, 4) is 0 Å². The maximum Gasteiger partial charge on any atom is 0.128 e. The Morgan fingerprint density at radius 2 is 1.85 bits per heavy atom. The molecule has 1 aromatic heterocycles. The van der Waals surface area contributed by atoms with Gasteiger partial charge < -0.3 is 9.73 Å². The van der Waals surface area contributed by atoms with Crippen molar-refractivity contribution in [1.29, 1.82) is 0 Å². The van der Waals surface area contributed by atoms with E-state index in [2.05, 4.69) is 5.32 Å². The molecule has 0 aliphatic carbocycles. The Hall–Kier alpha value is -1.61. The van der Waals surface area contributed by atoms with Crippen LogP contribution in [0.3, 0.4) is 0 Å². The van der Waals surface area contributed by atoms with Crippen molar-refractivity contribution in [2.24, 2.45) is 0 Å². The van der Waals surface area contributed by atoms with Crippen LogP contribution in [0.5, 0.6) is 0 Å². The lowest BCUT2D eigenvalue weighted by atomic mass is 9.94. The molecule has 0 radical (unpaired) electrons. The number of nitrogens with one attached hydrogen (secondary N) is 1. The highest BCUT2D eigenvalue weighted by molar-refractivity contribution is 5.42. The van der Waals surface area contributed by atoms with Crippen LogP contribution in [-0.2, 0) is 0 Å². The molecule has 2 rings (SSSR count). The first-order valence-corrected chi connectivity index (χ1v) is 7.01. The maximum absolute atomic E-state index is 14.2. The Morgan fingerprint density at radius 1 is 1.15 bits per heavy atom. The summed E-state index contributed by atoms with van der Waals surface area (Å²) in [7, 11) is 0. The summed E-state index contributed by atoms with van der Waals surface area (Å²) in [6, 6.07) is 5.07. The number of rotatable bonds is 4. The second kappa shape index (κ2) is 5.80. The van der Waals surface area contributed by atoms with Crippen LogP contribution in [0.2, 0.25) is 0 Å². The summed E-state index contributed by atoms with van der Waals surface area (Å²) in [6.45, 7) is 10.7. The molecule has 0 fully saturated rings. The molecule has 0 bridgehead atoms. The monoisotopic (exact) mass is 275 g/mol. The lowest BCUT2D eigenvalue weighted by molar-refractivity contribution is 0.491. The Kier molecular flexibility index (Phi) is 4.29. The fourth-order valence-electron chi connectivity index (χ4n) is 2.69. The second-order valence-corrected chi connectivity index (χ2v) is 5.27. The quantitative estimate of drug-likeness (QED) is 0.897. The lowest BCUT2D eigenvalue weighted by Crippen LogP contribution is -2.24. The van der Waals surface area contributed by atoms with E-state index in [1.165, 1.54) is 6.07 Å². The first-order valence-electron chi connectivity index (χ1n) is 7.01. The lowest BCUT2D eigenvalue weighted by Gasteiger charge is -2.20. The number of furan rings is 1. The number of hydrogen-bond donors (Lipinski definition) is 1. The van der Waals surface area contributed by atoms with Crippen LogP contribution < -0.4 is 5.32 Å². The fourth-order valence-corrected chi connectivity index (χ4v) is 2.69. The van der Waals surface area contributed by atoms with Gasteiger partial charge in [0.15, 0.2) is 0 Å². The fraction of sp³-hybridized carbons (Fsp3) is 0.412. The average Bonchev–Trinajstić information content (AvgIpc) is 2.64. The molecule has 1 aromatic carbocycles. The zero-order chi connectivity index (χ0) is 14.9. The summed E-state index contributed by atoms with van der Waals surface area (Å²) in [4.78, 5) is 0. The van der Waals surface area contributed by atoms with E-state index < -0.39 is 0 Å². The minimum atomic E-state index is -0.181. The Bertz CT molecular complexity index is 616. The molecule has 1 N–H and O–H groups in total. The van der Waals surface area contributed by atoms with Crippen molar-refractivity contribution in [3.63, 3.8) is 0 Å². The van der Waals surface area contributed by atoms with Crippen LogP contribution >= 0.6 is 0 Å². The molecular weight excluding hydrogens is 253 g/mol. The molecular formula is C17H22FNO. The van der Waals surface area contributed by atoms with E-state index in [1.807, 2.05) is 40.7 Å². The molecule has 20 heavy (non-hydrogen) atoms. The van der Waals surface area contributed by atoms with Crippen molar-refractivity contribution < 1.29 is 8.81 Å². The standard InChI is InChI=1S/C17H22FNO/c1-6-19-17(14-9-10(2)7-8-15(14)18)16-11(3)12(4)20-13(16)5/h7-9,17,19H,6H2,1-5H3. The van der Waals surface area contributed by atoms with Crippen molar-refractivity contribution in [3.05, 3.63) is 57.8 Å². The van der Waals surface area contributed by atoms with Gasteiger partial charge in [0.1, 0.15) is 17.3 Å². The van der Waals surface area contributed by atoms with Gasteiger partial charge in [-0.15, -0.1) is 0 Å². The van der Waals surface area contributed by atoms with E-state index in [1.54, 1.807) is 6.07 Å². The van der Waals surface area contributed by atoms with Crippen molar-refractivity contribution >= 4 is 0 Å². The molecule has 1 atom stereocenters. The van der Waals surface area contributed by atoms with Gasteiger partial charge in [0, 0.05) is 11.1 Å². The van der Waals surface area contributed by atoms with E-state index in [4.69, 9.17) is 4.42 Å². The minimum Gasteiger partial charge on any atom is -0.466 e. The molecule has 0 aliphatic heterocycles. The van der Waals surface area contributed by atoms with E-state index in [-0.39, 0.29) is 11.9 Å². The Balaban J connectivity index is 2.59. The van der Waals surface area contributed by atoms with Crippen LogP contribution in [0.25, 0.3) is 0 Å².